The number of fused-ring (bicyclic) bond motifs is 1. The first-order valence-corrected chi connectivity index (χ1v) is 5.18. The number of hydrogen-bond donors (Lipinski definition) is 1. The van der Waals surface area contributed by atoms with E-state index >= 15 is 0 Å². The Kier molecular flexibility index (Phi) is 3.02. The van der Waals surface area contributed by atoms with Gasteiger partial charge in [0.05, 0.1) is 6.26 Å². The molecular formula is C12H14FNO. The van der Waals surface area contributed by atoms with Crippen molar-refractivity contribution in [3.8, 4) is 0 Å². The zero-order valence-corrected chi connectivity index (χ0v) is 8.72. The standard InChI is InChI=1S/C12H14FNO/c1-2-14-7-6-9-8-15-12-10(9)4-3-5-11(12)13/h3-5,8,14H,2,6-7H2,1H3. The Balaban J connectivity index is 2.25. The molecule has 0 unspecified atom stereocenters. The van der Waals surface area contributed by atoms with Crippen LogP contribution in [-0.2, 0) is 6.42 Å². The normalized spacial score (nSPS) is 11.1. The minimum absolute atomic E-state index is 0.290. The molecule has 0 saturated heterocycles. The van der Waals surface area contributed by atoms with E-state index in [2.05, 4.69) is 12.2 Å². The summed E-state index contributed by atoms with van der Waals surface area (Å²) in [6, 6.07) is 5.02. The topological polar surface area (TPSA) is 25.2 Å². The Bertz CT molecular complexity index is 450. The van der Waals surface area contributed by atoms with Crippen molar-refractivity contribution in [3.05, 3.63) is 35.8 Å². The summed E-state index contributed by atoms with van der Waals surface area (Å²) in [6.07, 6.45) is 2.51. The Morgan fingerprint density at radius 1 is 1.40 bits per heavy atom. The molecule has 0 aliphatic carbocycles. The van der Waals surface area contributed by atoms with Crippen LogP contribution in [0.1, 0.15) is 12.5 Å². The maximum Gasteiger partial charge on any atom is 0.169 e. The van der Waals surface area contributed by atoms with Gasteiger partial charge in [0.15, 0.2) is 11.4 Å². The molecule has 1 aromatic heterocycles. The van der Waals surface area contributed by atoms with Crippen LogP contribution in [0.3, 0.4) is 0 Å². The fraction of sp³-hybridized carbons (Fsp3) is 0.333. The molecule has 0 aliphatic heterocycles. The van der Waals surface area contributed by atoms with Gasteiger partial charge in [-0.2, -0.15) is 0 Å². The number of furan rings is 1. The van der Waals surface area contributed by atoms with Gasteiger partial charge in [-0.3, -0.25) is 0 Å². The number of nitrogens with one attached hydrogen (secondary N) is 1. The predicted octanol–water partition coefficient (Wildman–Crippen LogP) is 2.72. The zero-order valence-electron chi connectivity index (χ0n) is 8.72. The van der Waals surface area contributed by atoms with Gasteiger partial charge in [0.1, 0.15) is 0 Å². The van der Waals surface area contributed by atoms with E-state index in [-0.39, 0.29) is 5.82 Å². The third kappa shape index (κ3) is 2.02. The molecule has 1 heterocycles. The van der Waals surface area contributed by atoms with Gasteiger partial charge >= 0.3 is 0 Å². The Hall–Kier alpha value is -1.35. The summed E-state index contributed by atoms with van der Waals surface area (Å²) in [5, 5.41) is 4.11. The highest BCUT2D eigenvalue weighted by atomic mass is 19.1. The third-order valence-electron chi connectivity index (χ3n) is 2.45. The van der Waals surface area contributed by atoms with E-state index in [0.717, 1.165) is 30.5 Å². The third-order valence-corrected chi connectivity index (χ3v) is 2.45. The molecule has 0 bridgehead atoms. The van der Waals surface area contributed by atoms with Gasteiger partial charge in [-0.1, -0.05) is 19.1 Å². The molecule has 0 spiro atoms. The fourth-order valence-electron chi connectivity index (χ4n) is 1.67. The maximum atomic E-state index is 13.3. The lowest BCUT2D eigenvalue weighted by atomic mass is 10.1. The first-order chi connectivity index (χ1) is 7.33. The highest BCUT2D eigenvalue weighted by molar-refractivity contribution is 5.81. The van der Waals surface area contributed by atoms with E-state index in [1.54, 1.807) is 12.3 Å². The van der Waals surface area contributed by atoms with Crippen LogP contribution in [-0.4, -0.2) is 13.1 Å². The molecule has 15 heavy (non-hydrogen) atoms. The summed E-state index contributed by atoms with van der Waals surface area (Å²) in [5.41, 5.74) is 1.43. The Morgan fingerprint density at radius 2 is 2.27 bits per heavy atom. The molecule has 2 aromatic rings. The van der Waals surface area contributed by atoms with Crippen molar-refractivity contribution >= 4 is 11.0 Å². The molecule has 1 aromatic carbocycles. The van der Waals surface area contributed by atoms with Gasteiger partial charge in [0.25, 0.3) is 0 Å². The summed E-state index contributed by atoms with van der Waals surface area (Å²) in [4.78, 5) is 0. The van der Waals surface area contributed by atoms with Crippen LogP contribution >= 0.6 is 0 Å². The number of benzene rings is 1. The van der Waals surface area contributed by atoms with Crippen LogP contribution < -0.4 is 5.32 Å². The number of likely N-dealkylation sites (N-methyl/N-ethyl adjacent to an activating group) is 1. The van der Waals surface area contributed by atoms with Gasteiger partial charge in [-0.25, -0.2) is 4.39 Å². The lowest BCUT2D eigenvalue weighted by Gasteiger charge is -1.99. The van der Waals surface area contributed by atoms with Crippen molar-refractivity contribution in [1.29, 1.82) is 0 Å². The molecule has 0 aliphatic rings. The van der Waals surface area contributed by atoms with E-state index in [1.807, 2.05) is 6.07 Å². The highest BCUT2D eigenvalue weighted by Gasteiger charge is 2.08. The highest BCUT2D eigenvalue weighted by Crippen LogP contribution is 2.23. The summed E-state index contributed by atoms with van der Waals surface area (Å²) < 4.78 is 18.5. The molecule has 0 radical (unpaired) electrons. The summed E-state index contributed by atoms with van der Waals surface area (Å²) in [6.45, 7) is 3.90. The molecule has 2 nitrogen and oxygen atoms in total. The van der Waals surface area contributed by atoms with Crippen molar-refractivity contribution in [1.82, 2.24) is 5.32 Å². The van der Waals surface area contributed by atoms with Crippen molar-refractivity contribution in [2.24, 2.45) is 0 Å². The monoisotopic (exact) mass is 207 g/mol. The summed E-state index contributed by atoms with van der Waals surface area (Å²) >= 11 is 0. The first kappa shape index (κ1) is 10.2. The fourth-order valence-corrected chi connectivity index (χ4v) is 1.67. The molecule has 3 heteroatoms. The van der Waals surface area contributed by atoms with Gasteiger partial charge in [0.2, 0.25) is 0 Å². The van der Waals surface area contributed by atoms with Gasteiger partial charge in [0, 0.05) is 5.39 Å². The van der Waals surface area contributed by atoms with E-state index in [9.17, 15) is 4.39 Å². The molecule has 0 atom stereocenters. The smallest absolute Gasteiger partial charge is 0.169 e. The molecule has 80 valence electrons. The SMILES string of the molecule is CCNCCc1coc2c(F)cccc12. The Labute approximate surface area is 88.1 Å². The van der Waals surface area contributed by atoms with Crippen molar-refractivity contribution in [2.75, 3.05) is 13.1 Å². The molecule has 0 saturated carbocycles. The van der Waals surface area contributed by atoms with E-state index in [4.69, 9.17) is 4.42 Å². The molecule has 0 amide bonds. The Morgan fingerprint density at radius 3 is 3.07 bits per heavy atom. The zero-order chi connectivity index (χ0) is 10.7. The average molecular weight is 207 g/mol. The van der Waals surface area contributed by atoms with Gasteiger partial charge in [-0.15, -0.1) is 0 Å². The first-order valence-electron chi connectivity index (χ1n) is 5.18. The maximum absolute atomic E-state index is 13.3. The molecular weight excluding hydrogens is 193 g/mol. The van der Waals surface area contributed by atoms with E-state index in [0.29, 0.717) is 5.58 Å². The quantitative estimate of drug-likeness (QED) is 0.780. The number of rotatable bonds is 4. The minimum atomic E-state index is -0.290. The van der Waals surface area contributed by atoms with Crippen molar-refractivity contribution in [2.45, 2.75) is 13.3 Å². The van der Waals surface area contributed by atoms with E-state index in [1.165, 1.54) is 6.07 Å². The van der Waals surface area contributed by atoms with Crippen LogP contribution in [0, 0.1) is 5.82 Å². The number of halogens is 1. The number of hydrogen-bond acceptors (Lipinski definition) is 2. The second kappa shape index (κ2) is 4.45. The van der Waals surface area contributed by atoms with Crippen molar-refractivity contribution < 1.29 is 8.81 Å². The van der Waals surface area contributed by atoms with Gasteiger partial charge in [-0.05, 0) is 31.1 Å². The van der Waals surface area contributed by atoms with Crippen LogP contribution in [0.5, 0.6) is 0 Å². The largest absolute Gasteiger partial charge is 0.461 e. The second-order valence-corrected chi connectivity index (χ2v) is 3.48. The van der Waals surface area contributed by atoms with Crippen LogP contribution in [0.25, 0.3) is 11.0 Å². The lowest BCUT2D eigenvalue weighted by Crippen LogP contribution is -2.15. The second-order valence-electron chi connectivity index (χ2n) is 3.48. The van der Waals surface area contributed by atoms with E-state index < -0.39 is 0 Å². The van der Waals surface area contributed by atoms with Crippen LogP contribution in [0.4, 0.5) is 4.39 Å². The minimum Gasteiger partial charge on any atom is -0.461 e. The summed E-state index contributed by atoms with van der Waals surface area (Å²) in [7, 11) is 0. The average Bonchev–Trinajstić information content (AvgIpc) is 2.64. The van der Waals surface area contributed by atoms with Gasteiger partial charge < -0.3 is 9.73 Å². The molecule has 1 N–H and O–H groups in total. The summed E-state index contributed by atoms with van der Waals surface area (Å²) in [5.74, 6) is -0.290. The molecule has 2 rings (SSSR count). The van der Waals surface area contributed by atoms with Crippen molar-refractivity contribution in [3.63, 3.8) is 0 Å². The number of para-hydroxylation sites is 1. The van der Waals surface area contributed by atoms with Crippen LogP contribution in [0.15, 0.2) is 28.9 Å². The van der Waals surface area contributed by atoms with Crippen LogP contribution in [0.2, 0.25) is 0 Å². The molecule has 0 fully saturated rings. The lowest BCUT2D eigenvalue weighted by molar-refractivity contribution is 0.557. The predicted molar refractivity (Wildman–Crippen MR) is 58.4 cm³/mol.